The van der Waals surface area contributed by atoms with Crippen LogP contribution in [0.15, 0.2) is 36.4 Å². The number of benzene rings is 2. The van der Waals surface area contributed by atoms with Crippen molar-refractivity contribution in [2.24, 2.45) is 0 Å². The summed E-state index contributed by atoms with van der Waals surface area (Å²) in [6.07, 6.45) is -4.63. The van der Waals surface area contributed by atoms with Crippen molar-refractivity contribution in [1.29, 1.82) is 5.26 Å². The molecule has 0 aromatic heterocycles. The van der Waals surface area contributed by atoms with Crippen molar-refractivity contribution in [2.75, 3.05) is 10.6 Å². The van der Waals surface area contributed by atoms with Crippen molar-refractivity contribution in [3.05, 3.63) is 64.5 Å². The molecule has 0 atom stereocenters. The number of halogens is 3. The molecular formula is C17H11F3N4S. The predicted molar refractivity (Wildman–Crippen MR) is 93.4 cm³/mol. The minimum atomic E-state index is -4.63. The lowest BCUT2D eigenvalue weighted by Crippen LogP contribution is -2.19. The Balaban J connectivity index is 2.17. The van der Waals surface area contributed by atoms with E-state index in [1.54, 1.807) is 25.1 Å². The van der Waals surface area contributed by atoms with Gasteiger partial charge in [0.05, 0.1) is 23.8 Å². The molecule has 25 heavy (non-hydrogen) atoms. The van der Waals surface area contributed by atoms with Crippen LogP contribution in [0.25, 0.3) is 4.85 Å². The first-order chi connectivity index (χ1) is 11.7. The largest absolute Gasteiger partial charge is 0.407 e. The first kappa shape index (κ1) is 18.2. The van der Waals surface area contributed by atoms with Crippen molar-refractivity contribution in [2.45, 2.75) is 13.1 Å². The van der Waals surface area contributed by atoms with Crippen LogP contribution in [0.2, 0.25) is 0 Å². The molecule has 0 saturated heterocycles. The third-order valence-electron chi connectivity index (χ3n) is 3.29. The maximum absolute atomic E-state index is 13.0. The van der Waals surface area contributed by atoms with Gasteiger partial charge in [-0.2, -0.15) is 18.4 Å². The second-order valence-corrected chi connectivity index (χ2v) is 5.47. The molecule has 0 spiro atoms. The number of hydrogen-bond acceptors (Lipinski definition) is 2. The molecule has 0 amide bonds. The van der Waals surface area contributed by atoms with Gasteiger partial charge in [0.2, 0.25) is 0 Å². The molecular weight excluding hydrogens is 349 g/mol. The zero-order valence-corrected chi connectivity index (χ0v) is 13.7. The molecule has 0 saturated carbocycles. The molecule has 0 unspecified atom stereocenters. The van der Waals surface area contributed by atoms with E-state index in [9.17, 15) is 13.2 Å². The van der Waals surface area contributed by atoms with Crippen LogP contribution in [0.4, 0.5) is 30.2 Å². The predicted octanol–water partition coefficient (Wildman–Crippen LogP) is 5.25. The SMILES string of the molecule is [C-]#[N+]c1ccc(NC(=S)Nc2ccc(C#N)c(C)c2)cc1C(F)(F)F. The molecule has 4 nitrogen and oxygen atoms in total. The summed E-state index contributed by atoms with van der Waals surface area (Å²) in [6, 6.07) is 10.3. The molecule has 0 heterocycles. The Bertz CT molecular complexity index is 908. The molecule has 2 aromatic carbocycles. The lowest BCUT2D eigenvalue weighted by molar-refractivity contribution is -0.136. The van der Waals surface area contributed by atoms with E-state index < -0.39 is 17.4 Å². The highest BCUT2D eigenvalue weighted by atomic mass is 32.1. The van der Waals surface area contributed by atoms with Gasteiger partial charge in [0.1, 0.15) is 0 Å². The molecule has 0 bridgehead atoms. The number of nitrogens with zero attached hydrogens (tertiary/aromatic N) is 2. The number of aryl methyl sites for hydroxylation is 1. The lowest BCUT2D eigenvalue weighted by Gasteiger charge is -2.14. The summed E-state index contributed by atoms with van der Waals surface area (Å²) in [7, 11) is 0. The van der Waals surface area contributed by atoms with E-state index in [0.29, 0.717) is 11.3 Å². The molecule has 0 aliphatic heterocycles. The molecule has 2 aromatic rings. The summed E-state index contributed by atoms with van der Waals surface area (Å²) in [5.41, 5.74) is 0.486. The quantitative estimate of drug-likeness (QED) is 0.568. The monoisotopic (exact) mass is 360 g/mol. The van der Waals surface area contributed by atoms with Crippen LogP contribution in [0, 0.1) is 24.8 Å². The second kappa shape index (κ2) is 7.20. The van der Waals surface area contributed by atoms with E-state index in [-0.39, 0.29) is 10.8 Å². The third kappa shape index (κ3) is 4.46. The molecule has 0 aliphatic rings. The Morgan fingerprint density at radius 3 is 2.28 bits per heavy atom. The van der Waals surface area contributed by atoms with Crippen LogP contribution in [0.1, 0.15) is 16.7 Å². The Kier molecular flexibility index (Phi) is 5.26. The zero-order chi connectivity index (χ0) is 18.6. The van der Waals surface area contributed by atoms with Gasteiger partial charge in [-0.25, -0.2) is 4.85 Å². The normalized spacial score (nSPS) is 10.5. The van der Waals surface area contributed by atoms with Crippen molar-refractivity contribution < 1.29 is 13.2 Å². The third-order valence-corrected chi connectivity index (χ3v) is 3.49. The number of alkyl halides is 3. The van der Waals surface area contributed by atoms with Crippen molar-refractivity contribution in [3.63, 3.8) is 0 Å². The molecule has 0 aliphatic carbocycles. The second-order valence-electron chi connectivity index (χ2n) is 5.06. The number of anilines is 2. The van der Waals surface area contributed by atoms with E-state index in [1.165, 1.54) is 6.07 Å². The maximum Gasteiger partial charge on any atom is 0.407 e. The Labute approximate surface area is 147 Å². The molecule has 0 radical (unpaired) electrons. The number of thiocarbonyl (C=S) groups is 1. The van der Waals surface area contributed by atoms with E-state index in [4.69, 9.17) is 24.1 Å². The summed E-state index contributed by atoms with van der Waals surface area (Å²) in [6.45, 7) is 8.58. The van der Waals surface area contributed by atoms with Gasteiger partial charge in [0, 0.05) is 11.4 Å². The topological polar surface area (TPSA) is 52.2 Å². The van der Waals surface area contributed by atoms with Crippen molar-refractivity contribution in [1.82, 2.24) is 0 Å². The Morgan fingerprint density at radius 1 is 1.16 bits per heavy atom. The van der Waals surface area contributed by atoms with Crippen LogP contribution in [0.3, 0.4) is 0 Å². The summed E-state index contributed by atoms with van der Waals surface area (Å²) in [5.74, 6) is 0. The number of nitriles is 1. The molecule has 126 valence electrons. The fourth-order valence-corrected chi connectivity index (χ4v) is 2.33. The van der Waals surface area contributed by atoms with Gasteiger partial charge < -0.3 is 10.6 Å². The average molecular weight is 360 g/mol. The van der Waals surface area contributed by atoms with Crippen LogP contribution in [0.5, 0.6) is 0 Å². The molecule has 2 rings (SSSR count). The maximum atomic E-state index is 13.0. The molecule has 8 heteroatoms. The van der Waals surface area contributed by atoms with Gasteiger partial charge in [-0.15, -0.1) is 0 Å². The van der Waals surface area contributed by atoms with Gasteiger partial charge >= 0.3 is 6.18 Å². The van der Waals surface area contributed by atoms with Gasteiger partial charge in [-0.1, -0.05) is 6.07 Å². The first-order valence-corrected chi connectivity index (χ1v) is 7.33. The van der Waals surface area contributed by atoms with Crippen molar-refractivity contribution >= 4 is 34.4 Å². The highest BCUT2D eigenvalue weighted by Crippen LogP contribution is 2.38. The number of rotatable bonds is 2. The van der Waals surface area contributed by atoms with Gasteiger partial charge in [-0.3, -0.25) is 0 Å². The summed E-state index contributed by atoms with van der Waals surface area (Å²) in [4.78, 5) is 2.88. The minimum absolute atomic E-state index is 0.0906. The number of hydrogen-bond donors (Lipinski definition) is 2. The van der Waals surface area contributed by atoms with E-state index in [2.05, 4.69) is 15.5 Å². The highest BCUT2D eigenvalue weighted by Gasteiger charge is 2.33. The molecule has 2 N–H and O–H groups in total. The Morgan fingerprint density at radius 2 is 1.76 bits per heavy atom. The molecule has 0 fully saturated rings. The Hall–Kier alpha value is -3.10. The van der Waals surface area contributed by atoms with E-state index in [1.807, 2.05) is 6.07 Å². The van der Waals surface area contributed by atoms with Crippen LogP contribution in [-0.2, 0) is 6.18 Å². The van der Waals surface area contributed by atoms with E-state index >= 15 is 0 Å². The zero-order valence-electron chi connectivity index (χ0n) is 12.9. The van der Waals surface area contributed by atoms with Crippen LogP contribution in [-0.4, -0.2) is 5.11 Å². The van der Waals surface area contributed by atoms with Gasteiger partial charge in [0.25, 0.3) is 0 Å². The van der Waals surface area contributed by atoms with Crippen LogP contribution < -0.4 is 10.6 Å². The lowest BCUT2D eigenvalue weighted by atomic mass is 10.1. The smallest absolute Gasteiger partial charge is 0.333 e. The minimum Gasteiger partial charge on any atom is -0.333 e. The standard InChI is InChI=1S/C17H11F3N4S/c1-10-7-12(4-3-11(10)9-21)23-16(25)24-13-5-6-15(22-2)14(8-13)17(18,19)20/h3-8H,1H3,(H2,23,24,25). The van der Waals surface area contributed by atoms with E-state index in [0.717, 1.165) is 17.7 Å². The average Bonchev–Trinajstić information content (AvgIpc) is 2.54. The fraction of sp³-hybridized carbons (Fsp3) is 0.118. The first-order valence-electron chi connectivity index (χ1n) is 6.92. The fourth-order valence-electron chi connectivity index (χ4n) is 2.10. The van der Waals surface area contributed by atoms with Crippen LogP contribution >= 0.6 is 12.2 Å². The highest BCUT2D eigenvalue weighted by molar-refractivity contribution is 7.80. The number of nitrogens with one attached hydrogen (secondary N) is 2. The summed E-state index contributed by atoms with van der Waals surface area (Å²) >= 11 is 5.09. The van der Waals surface area contributed by atoms with Gasteiger partial charge in [-0.05, 0) is 55.0 Å². The summed E-state index contributed by atoms with van der Waals surface area (Å²) < 4.78 is 38.9. The summed E-state index contributed by atoms with van der Waals surface area (Å²) in [5, 5.41) is 14.5. The van der Waals surface area contributed by atoms with Gasteiger partial charge in [0.15, 0.2) is 10.8 Å². The van der Waals surface area contributed by atoms with Crippen molar-refractivity contribution in [3.8, 4) is 6.07 Å².